The number of rotatable bonds is 8. The van der Waals surface area contributed by atoms with Gasteiger partial charge in [0.1, 0.15) is 0 Å². The van der Waals surface area contributed by atoms with E-state index >= 15 is 0 Å². The number of aliphatic hydroxyl groups excluding tert-OH is 1. The largest absolute Gasteiger partial charge is 0.481 e. The van der Waals surface area contributed by atoms with E-state index < -0.39 is 5.97 Å². The first-order valence-corrected chi connectivity index (χ1v) is 5.89. The first kappa shape index (κ1) is 19.6. The number of carboxylic acids is 1. The minimum absolute atomic E-state index is 0.0626. The molecule has 0 aliphatic rings. The van der Waals surface area contributed by atoms with Gasteiger partial charge in [0, 0.05) is 6.92 Å². The molecule has 110 valence electrons. The summed E-state index contributed by atoms with van der Waals surface area (Å²) in [6, 6.07) is 0. The van der Waals surface area contributed by atoms with Crippen LogP contribution in [0.4, 0.5) is 0 Å². The van der Waals surface area contributed by atoms with E-state index in [9.17, 15) is 0 Å². The van der Waals surface area contributed by atoms with Crippen molar-refractivity contribution in [2.75, 3.05) is 39.6 Å². The van der Waals surface area contributed by atoms with E-state index in [2.05, 4.69) is 0 Å². The molecule has 0 amide bonds. The first-order chi connectivity index (χ1) is 8.29. The molecule has 2 N–H and O–H groups in total. The summed E-state index contributed by atoms with van der Waals surface area (Å²) in [5.74, 6) is -0.833. The van der Waals surface area contributed by atoms with E-state index in [1.165, 1.54) is 0 Å². The van der Waals surface area contributed by atoms with Gasteiger partial charge in [0.15, 0.2) is 0 Å². The van der Waals surface area contributed by atoms with E-state index in [-0.39, 0.29) is 12.2 Å². The van der Waals surface area contributed by atoms with Crippen LogP contribution in [0.3, 0.4) is 0 Å². The van der Waals surface area contributed by atoms with Crippen molar-refractivity contribution in [2.45, 2.75) is 33.3 Å². The van der Waals surface area contributed by atoms with Gasteiger partial charge in [0.05, 0.1) is 45.2 Å². The lowest BCUT2D eigenvalue weighted by Gasteiger charge is -2.19. The molecule has 0 fully saturated rings. The molecule has 0 spiro atoms. The van der Waals surface area contributed by atoms with Crippen LogP contribution in [0.15, 0.2) is 0 Å². The third kappa shape index (κ3) is 29.5. The normalized spacial score (nSPS) is 10.7. The minimum Gasteiger partial charge on any atom is -0.481 e. The van der Waals surface area contributed by atoms with Crippen LogP contribution in [0.25, 0.3) is 0 Å². The van der Waals surface area contributed by atoms with E-state index in [1.807, 2.05) is 20.8 Å². The fourth-order valence-electron chi connectivity index (χ4n) is 0.793. The van der Waals surface area contributed by atoms with E-state index in [0.29, 0.717) is 33.0 Å². The van der Waals surface area contributed by atoms with Gasteiger partial charge in [0.25, 0.3) is 5.97 Å². The maximum absolute atomic E-state index is 9.00. The zero-order valence-corrected chi connectivity index (χ0v) is 11.8. The van der Waals surface area contributed by atoms with Gasteiger partial charge >= 0.3 is 0 Å². The average molecular weight is 266 g/mol. The molecular formula is C12H26O6. The van der Waals surface area contributed by atoms with Gasteiger partial charge in [-0.25, -0.2) is 0 Å². The molecule has 0 bridgehead atoms. The SMILES string of the molecule is CC(=O)O.CC(C)(C)OCCOCCOCCO. The van der Waals surface area contributed by atoms with Crippen LogP contribution in [0.1, 0.15) is 27.7 Å². The number of hydrogen-bond acceptors (Lipinski definition) is 5. The van der Waals surface area contributed by atoms with Gasteiger partial charge in [-0.05, 0) is 20.8 Å². The summed E-state index contributed by atoms with van der Waals surface area (Å²) < 4.78 is 15.7. The van der Waals surface area contributed by atoms with Crippen LogP contribution in [0, 0.1) is 0 Å². The Hall–Kier alpha value is -0.690. The molecule has 6 heteroatoms. The molecule has 0 aliphatic heterocycles. The molecule has 0 aromatic heterocycles. The maximum atomic E-state index is 9.00. The number of carbonyl (C=O) groups is 1. The Kier molecular flexibility index (Phi) is 13.9. The Morgan fingerprint density at radius 1 is 1.00 bits per heavy atom. The topological polar surface area (TPSA) is 85.2 Å². The summed E-state index contributed by atoms with van der Waals surface area (Å²) >= 11 is 0. The summed E-state index contributed by atoms with van der Waals surface area (Å²) in [5, 5.41) is 15.8. The summed E-state index contributed by atoms with van der Waals surface area (Å²) in [7, 11) is 0. The predicted octanol–water partition coefficient (Wildman–Crippen LogP) is 0.918. The molecule has 0 heterocycles. The molecule has 0 unspecified atom stereocenters. The monoisotopic (exact) mass is 266 g/mol. The van der Waals surface area contributed by atoms with Crippen molar-refractivity contribution in [3.05, 3.63) is 0 Å². The molecule has 0 aliphatic carbocycles. The van der Waals surface area contributed by atoms with Gasteiger partial charge in [-0.15, -0.1) is 0 Å². The standard InChI is InChI=1S/C10H22O4.C2H4O2/c1-10(2,3)14-9-8-13-7-6-12-5-4-11;1-2(3)4/h11H,4-9H2,1-3H3;1H3,(H,3,4). The second kappa shape index (κ2) is 12.8. The van der Waals surface area contributed by atoms with Crippen molar-refractivity contribution < 1.29 is 29.2 Å². The highest BCUT2D eigenvalue weighted by Gasteiger charge is 2.08. The van der Waals surface area contributed by atoms with Crippen molar-refractivity contribution in [1.29, 1.82) is 0 Å². The molecule has 0 saturated heterocycles. The number of aliphatic carboxylic acids is 1. The molecule has 0 aromatic carbocycles. The van der Waals surface area contributed by atoms with Crippen molar-refractivity contribution in [2.24, 2.45) is 0 Å². The van der Waals surface area contributed by atoms with Crippen molar-refractivity contribution >= 4 is 5.97 Å². The van der Waals surface area contributed by atoms with Gasteiger partial charge < -0.3 is 24.4 Å². The second-order valence-electron chi connectivity index (χ2n) is 4.43. The minimum atomic E-state index is -0.833. The molecular weight excluding hydrogens is 240 g/mol. The Morgan fingerprint density at radius 2 is 1.39 bits per heavy atom. The Balaban J connectivity index is 0. The second-order valence-corrected chi connectivity index (χ2v) is 4.43. The van der Waals surface area contributed by atoms with Crippen LogP contribution >= 0.6 is 0 Å². The Bertz CT molecular complexity index is 183. The van der Waals surface area contributed by atoms with Crippen LogP contribution in [0.2, 0.25) is 0 Å². The predicted molar refractivity (Wildman–Crippen MR) is 67.7 cm³/mol. The molecule has 0 rings (SSSR count). The Labute approximate surface area is 109 Å². The smallest absolute Gasteiger partial charge is 0.300 e. The molecule has 18 heavy (non-hydrogen) atoms. The van der Waals surface area contributed by atoms with Crippen molar-refractivity contribution in [3.63, 3.8) is 0 Å². The molecule has 0 saturated carbocycles. The van der Waals surface area contributed by atoms with Crippen molar-refractivity contribution in [1.82, 2.24) is 0 Å². The third-order valence-electron chi connectivity index (χ3n) is 1.37. The highest BCUT2D eigenvalue weighted by Crippen LogP contribution is 2.05. The fraction of sp³-hybridized carbons (Fsp3) is 0.917. The molecule has 6 nitrogen and oxygen atoms in total. The zero-order chi connectivity index (χ0) is 14.4. The summed E-state index contributed by atoms with van der Waals surface area (Å²) in [6.45, 7) is 9.81. The van der Waals surface area contributed by atoms with Crippen LogP contribution < -0.4 is 0 Å². The van der Waals surface area contributed by atoms with E-state index in [0.717, 1.165) is 6.92 Å². The van der Waals surface area contributed by atoms with Crippen LogP contribution in [-0.2, 0) is 19.0 Å². The number of carboxylic acid groups (broad SMARTS) is 1. The average Bonchev–Trinajstić information content (AvgIpc) is 2.19. The van der Waals surface area contributed by atoms with Crippen LogP contribution in [0.5, 0.6) is 0 Å². The van der Waals surface area contributed by atoms with Gasteiger partial charge in [0.2, 0.25) is 0 Å². The van der Waals surface area contributed by atoms with Crippen LogP contribution in [-0.4, -0.2) is 61.4 Å². The lowest BCUT2D eigenvalue weighted by atomic mass is 10.2. The number of aliphatic hydroxyl groups is 1. The highest BCUT2D eigenvalue weighted by atomic mass is 16.6. The lowest BCUT2D eigenvalue weighted by molar-refractivity contribution is -0.134. The zero-order valence-electron chi connectivity index (χ0n) is 11.8. The molecule has 0 atom stereocenters. The van der Waals surface area contributed by atoms with E-state index in [4.69, 9.17) is 29.2 Å². The summed E-state index contributed by atoms with van der Waals surface area (Å²) in [4.78, 5) is 9.00. The molecule has 0 aromatic rings. The fourth-order valence-corrected chi connectivity index (χ4v) is 0.793. The number of hydrogen-bond donors (Lipinski definition) is 2. The van der Waals surface area contributed by atoms with Crippen molar-refractivity contribution in [3.8, 4) is 0 Å². The Morgan fingerprint density at radius 3 is 1.78 bits per heavy atom. The number of ether oxygens (including phenoxy) is 3. The maximum Gasteiger partial charge on any atom is 0.300 e. The highest BCUT2D eigenvalue weighted by molar-refractivity contribution is 5.62. The first-order valence-electron chi connectivity index (χ1n) is 5.89. The van der Waals surface area contributed by atoms with Gasteiger partial charge in [-0.2, -0.15) is 0 Å². The van der Waals surface area contributed by atoms with E-state index in [1.54, 1.807) is 0 Å². The summed E-state index contributed by atoms with van der Waals surface area (Å²) in [6.07, 6.45) is 0. The summed E-state index contributed by atoms with van der Waals surface area (Å²) in [5.41, 5.74) is -0.100. The lowest BCUT2D eigenvalue weighted by Crippen LogP contribution is -2.22. The van der Waals surface area contributed by atoms with Gasteiger partial charge in [-0.3, -0.25) is 4.79 Å². The molecule has 0 radical (unpaired) electrons. The third-order valence-corrected chi connectivity index (χ3v) is 1.37. The quantitative estimate of drug-likeness (QED) is 0.635. The van der Waals surface area contributed by atoms with Gasteiger partial charge in [-0.1, -0.05) is 0 Å².